The Hall–Kier alpha value is -1.23. The van der Waals surface area contributed by atoms with Gasteiger partial charge in [0.2, 0.25) is 0 Å². The third kappa shape index (κ3) is 2.91. The highest BCUT2D eigenvalue weighted by atomic mass is 32.1. The van der Waals surface area contributed by atoms with E-state index < -0.39 is 0 Å². The van der Waals surface area contributed by atoms with Gasteiger partial charge in [-0.3, -0.25) is 0 Å². The quantitative estimate of drug-likeness (QED) is 0.781. The number of hydrogen-bond acceptors (Lipinski definition) is 4. The average Bonchev–Trinajstić information content (AvgIpc) is 3.14. The maximum absolute atomic E-state index is 5.70. The standard InChI is InChI=1S/C12H18N4S/c1-2-3-8-16(9-4-5-9)12-10(11(13)17)14-6-7-15-12/h6-7,9H,2-5,8H2,1H3,(H2,13,17). The van der Waals surface area contributed by atoms with Crippen molar-refractivity contribution in [2.75, 3.05) is 11.4 Å². The first kappa shape index (κ1) is 12.2. The van der Waals surface area contributed by atoms with E-state index in [1.165, 1.54) is 19.3 Å². The van der Waals surface area contributed by atoms with Crippen LogP contribution in [0.15, 0.2) is 12.4 Å². The molecule has 0 unspecified atom stereocenters. The summed E-state index contributed by atoms with van der Waals surface area (Å²) in [6.07, 6.45) is 8.14. The van der Waals surface area contributed by atoms with Crippen molar-refractivity contribution in [1.82, 2.24) is 9.97 Å². The normalized spacial score (nSPS) is 14.6. The third-order valence-electron chi connectivity index (χ3n) is 2.92. The number of nitrogens with zero attached hydrogens (tertiary/aromatic N) is 3. The minimum absolute atomic E-state index is 0.329. The van der Waals surface area contributed by atoms with Crippen molar-refractivity contribution in [2.45, 2.75) is 38.6 Å². The molecular weight excluding hydrogens is 232 g/mol. The first-order valence-corrected chi connectivity index (χ1v) is 6.52. The van der Waals surface area contributed by atoms with Crippen LogP contribution in [0, 0.1) is 0 Å². The van der Waals surface area contributed by atoms with Gasteiger partial charge in [0.15, 0.2) is 5.82 Å². The van der Waals surface area contributed by atoms with Gasteiger partial charge in [0.25, 0.3) is 0 Å². The molecule has 17 heavy (non-hydrogen) atoms. The number of nitrogens with two attached hydrogens (primary N) is 1. The van der Waals surface area contributed by atoms with Crippen LogP contribution < -0.4 is 10.6 Å². The van der Waals surface area contributed by atoms with E-state index in [2.05, 4.69) is 21.8 Å². The molecule has 0 bridgehead atoms. The molecule has 0 amide bonds. The van der Waals surface area contributed by atoms with E-state index in [0.29, 0.717) is 16.7 Å². The highest BCUT2D eigenvalue weighted by molar-refractivity contribution is 7.80. The van der Waals surface area contributed by atoms with Crippen LogP contribution in [0.5, 0.6) is 0 Å². The Kier molecular flexibility index (Phi) is 3.89. The molecule has 1 saturated carbocycles. The summed E-state index contributed by atoms with van der Waals surface area (Å²) in [5, 5.41) is 0. The van der Waals surface area contributed by atoms with Crippen LogP contribution >= 0.6 is 12.2 Å². The summed E-state index contributed by atoms with van der Waals surface area (Å²) < 4.78 is 0. The maximum Gasteiger partial charge on any atom is 0.157 e. The van der Waals surface area contributed by atoms with E-state index >= 15 is 0 Å². The van der Waals surface area contributed by atoms with Gasteiger partial charge in [0.1, 0.15) is 10.7 Å². The van der Waals surface area contributed by atoms with Crippen LogP contribution in [0.1, 0.15) is 38.3 Å². The molecule has 0 atom stereocenters. The lowest BCUT2D eigenvalue weighted by Gasteiger charge is -2.24. The molecule has 0 saturated heterocycles. The Labute approximate surface area is 107 Å². The van der Waals surface area contributed by atoms with Crippen molar-refractivity contribution < 1.29 is 0 Å². The van der Waals surface area contributed by atoms with Crippen molar-refractivity contribution in [3.8, 4) is 0 Å². The smallest absolute Gasteiger partial charge is 0.157 e. The Morgan fingerprint density at radius 1 is 1.47 bits per heavy atom. The van der Waals surface area contributed by atoms with Crippen LogP contribution in [0.4, 0.5) is 5.82 Å². The first-order chi connectivity index (χ1) is 8.24. The highest BCUT2D eigenvalue weighted by Gasteiger charge is 2.31. The Balaban J connectivity index is 2.25. The minimum atomic E-state index is 0.329. The summed E-state index contributed by atoms with van der Waals surface area (Å²) in [4.78, 5) is 11.3. The lowest BCUT2D eigenvalue weighted by Crippen LogP contribution is -2.30. The van der Waals surface area contributed by atoms with Gasteiger partial charge in [-0.1, -0.05) is 25.6 Å². The zero-order valence-corrected chi connectivity index (χ0v) is 10.9. The molecular formula is C12H18N4S. The number of anilines is 1. The molecule has 1 aromatic heterocycles. The molecule has 2 N–H and O–H groups in total. The zero-order chi connectivity index (χ0) is 12.3. The summed E-state index contributed by atoms with van der Waals surface area (Å²) in [5.74, 6) is 0.857. The number of unbranched alkanes of at least 4 members (excludes halogenated alkanes) is 1. The van der Waals surface area contributed by atoms with Crippen LogP contribution in [0.25, 0.3) is 0 Å². The largest absolute Gasteiger partial charge is 0.388 e. The Morgan fingerprint density at radius 3 is 2.76 bits per heavy atom. The fourth-order valence-corrected chi connectivity index (χ4v) is 2.03. The summed E-state index contributed by atoms with van der Waals surface area (Å²) in [6, 6.07) is 0.603. The van der Waals surface area contributed by atoms with Gasteiger partial charge in [-0.2, -0.15) is 0 Å². The first-order valence-electron chi connectivity index (χ1n) is 6.11. The van der Waals surface area contributed by atoms with Gasteiger partial charge in [-0.25, -0.2) is 9.97 Å². The van der Waals surface area contributed by atoms with Crippen molar-refractivity contribution in [3.63, 3.8) is 0 Å². The molecule has 1 heterocycles. The summed E-state index contributed by atoms with van der Waals surface area (Å²) >= 11 is 5.04. The average molecular weight is 250 g/mol. The van der Waals surface area contributed by atoms with Crippen LogP contribution in [-0.4, -0.2) is 27.5 Å². The fraction of sp³-hybridized carbons (Fsp3) is 0.583. The van der Waals surface area contributed by atoms with E-state index in [4.69, 9.17) is 18.0 Å². The van der Waals surface area contributed by atoms with E-state index in [1.54, 1.807) is 12.4 Å². The number of hydrogen-bond donors (Lipinski definition) is 1. The number of aromatic nitrogens is 2. The maximum atomic E-state index is 5.70. The minimum Gasteiger partial charge on any atom is -0.388 e. The summed E-state index contributed by atoms with van der Waals surface area (Å²) in [6.45, 7) is 3.20. The highest BCUT2D eigenvalue weighted by Crippen LogP contribution is 2.31. The SMILES string of the molecule is CCCCN(c1nccnc1C(N)=S)C1CC1. The molecule has 4 nitrogen and oxygen atoms in total. The Bertz CT molecular complexity index is 403. The van der Waals surface area contributed by atoms with Gasteiger partial charge in [0.05, 0.1) is 0 Å². The van der Waals surface area contributed by atoms with Gasteiger partial charge in [0, 0.05) is 25.0 Å². The predicted octanol–water partition coefficient (Wildman–Crippen LogP) is 1.88. The molecule has 1 fully saturated rings. The zero-order valence-electron chi connectivity index (χ0n) is 10.1. The molecule has 1 aliphatic rings. The van der Waals surface area contributed by atoms with E-state index in [9.17, 15) is 0 Å². The molecule has 1 aliphatic carbocycles. The molecule has 0 aliphatic heterocycles. The van der Waals surface area contributed by atoms with Crippen molar-refractivity contribution in [3.05, 3.63) is 18.1 Å². The molecule has 0 spiro atoms. The van der Waals surface area contributed by atoms with Crippen molar-refractivity contribution in [1.29, 1.82) is 0 Å². The second kappa shape index (κ2) is 5.40. The second-order valence-corrected chi connectivity index (χ2v) is 4.81. The van der Waals surface area contributed by atoms with Crippen LogP contribution in [-0.2, 0) is 0 Å². The topological polar surface area (TPSA) is 55.0 Å². The number of thiocarbonyl (C=S) groups is 1. The fourth-order valence-electron chi connectivity index (χ4n) is 1.89. The van der Waals surface area contributed by atoms with Crippen molar-refractivity contribution in [2.24, 2.45) is 5.73 Å². The molecule has 1 aromatic rings. The molecule has 0 aromatic carbocycles. The van der Waals surface area contributed by atoms with Gasteiger partial charge in [-0.05, 0) is 19.3 Å². The van der Waals surface area contributed by atoms with Gasteiger partial charge >= 0.3 is 0 Å². The van der Waals surface area contributed by atoms with Gasteiger partial charge in [-0.15, -0.1) is 0 Å². The van der Waals surface area contributed by atoms with Crippen molar-refractivity contribution >= 4 is 23.0 Å². The van der Waals surface area contributed by atoms with E-state index in [-0.39, 0.29) is 0 Å². The predicted molar refractivity (Wildman–Crippen MR) is 73.2 cm³/mol. The Morgan fingerprint density at radius 2 is 2.18 bits per heavy atom. The lowest BCUT2D eigenvalue weighted by molar-refractivity contribution is 0.702. The molecule has 0 radical (unpaired) electrons. The molecule has 92 valence electrons. The molecule has 2 rings (SSSR count). The molecule has 5 heteroatoms. The van der Waals surface area contributed by atoms with E-state index in [0.717, 1.165) is 18.8 Å². The summed E-state index contributed by atoms with van der Waals surface area (Å²) in [7, 11) is 0. The third-order valence-corrected chi connectivity index (χ3v) is 3.12. The monoisotopic (exact) mass is 250 g/mol. The lowest BCUT2D eigenvalue weighted by atomic mass is 10.3. The van der Waals surface area contributed by atoms with E-state index in [1.807, 2.05) is 0 Å². The van der Waals surface area contributed by atoms with Crippen LogP contribution in [0.3, 0.4) is 0 Å². The van der Waals surface area contributed by atoms with Crippen LogP contribution in [0.2, 0.25) is 0 Å². The second-order valence-electron chi connectivity index (χ2n) is 4.37. The van der Waals surface area contributed by atoms with Gasteiger partial charge < -0.3 is 10.6 Å². The summed E-state index contributed by atoms with van der Waals surface area (Å²) in [5.41, 5.74) is 6.36. The number of rotatable bonds is 6.